The summed E-state index contributed by atoms with van der Waals surface area (Å²) < 4.78 is 10.9. The van der Waals surface area contributed by atoms with E-state index in [9.17, 15) is 9.59 Å². The molecule has 2 aromatic carbocycles. The van der Waals surface area contributed by atoms with Gasteiger partial charge in [-0.05, 0) is 49.2 Å². The van der Waals surface area contributed by atoms with Crippen molar-refractivity contribution in [1.29, 1.82) is 0 Å². The van der Waals surface area contributed by atoms with Gasteiger partial charge < -0.3 is 19.9 Å². The second kappa shape index (κ2) is 10.6. The normalized spacial score (nSPS) is 10.8. The van der Waals surface area contributed by atoms with E-state index in [4.69, 9.17) is 9.26 Å². The zero-order valence-electron chi connectivity index (χ0n) is 18.9. The van der Waals surface area contributed by atoms with Crippen molar-refractivity contribution < 1.29 is 18.8 Å². The first-order valence-electron chi connectivity index (χ1n) is 10.6. The first-order chi connectivity index (χ1) is 15.3. The fraction of sp³-hybridized carbons (Fsp3) is 0.320. The summed E-state index contributed by atoms with van der Waals surface area (Å²) in [4.78, 5) is 24.2. The molecule has 32 heavy (non-hydrogen) atoms. The molecule has 0 aliphatic heterocycles. The molecule has 0 aliphatic rings. The summed E-state index contributed by atoms with van der Waals surface area (Å²) in [5, 5.41) is 9.71. The average Bonchev–Trinajstić information content (AvgIpc) is 3.09. The molecule has 0 bridgehead atoms. The Morgan fingerprint density at radius 3 is 2.47 bits per heavy atom. The van der Waals surface area contributed by atoms with Crippen molar-refractivity contribution in [3.8, 4) is 5.75 Å². The lowest BCUT2D eigenvalue weighted by Gasteiger charge is -2.10. The molecule has 1 heterocycles. The second-order valence-corrected chi connectivity index (χ2v) is 8.03. The lowest BCUT2D eigenvalue weighted by atomic mass is 10.1. The third-order valence-corrected chi connectivity index (χ3v) is 5.06. The standard InChI is InChI=1S/C25H29N3O4/c1-16(2)25(30)27-21-7-5-6-20(12-21)14-26-24(29)13-19-8-10-22(11-9-19)31-15-23-17(3)28-32-18(23)4/h5-12,16H,13-15H2,1-4H3,(H,26,29)(H,27,30). The average molecular weight is 436 g/mol. The molecule has 0 saturated carbocycles. The third kappa shape index (κ3) is 6.44. The zero-order chi connectivity index (χ0) is 23.1. The van der Waals surface area contributed by atoms with E-state index in [0.717, 1.165) is 39.6 Å². The van der Waals surface area contributed by atoms with Crippen LogP contribution in [0.15, 0.2) is 53.1 Å². The van der Waals surface area contributed by atoms with Gasteiger partial charge in [-0.2, -0.15) is 0 Å². The summed E-state index contributed by atoms with van der Waals surface area (Å²) in [5.74, 6) is 1.26. The fourth-order valence-corrected chi connectivity index (χ4v) is 3.06. The summed E-state index contributed by atoms with van der Waals surface area (Å²) >= 11 is 0. The highest BCUT2D eigenvalue weighted by Crippen LogP contribution is 2.18. The molecule has 0 fully saturated rings. The Balaban J connectivity index is 1.47. The quantitative estimate of drug-likeness (QED) is 0.522. The Morgan fingerprint density at radius 2 is 1.81 bits per heavy atom. The van der Waals surface area contributed by atoms with Crippen molar-refractivity contribution in [1.82, 2.24) is 10.5 Å². The third-order valence-electron chi connectivity index (χ3n) is 5.06. The molecule has 0 atom stereocenters. The predicted molar refractivity (Wildman–Crippen MR) is 122 cm³/mol. The molecule has 7 nitrogen and oxygen atoms in total. The SMILES string of the molecule is Cc1noc(C)c1COc1ccc(CC(=O)NCc2cccc(NC(=O)C(C)C)c2)cc1. The molecule has 2 N–H and O–H groups in total. The first kappa shape index (κ1) is 23.1. The molecule has 0 spiro atoms. The smallest absolute Gasteiger partial charge is 0.226 e. The first-order valence-corrected chi connectivity index (χ1v) is 10.6. The van der Waals surface area contributed by atoms with Crippen molar-refractivity contribution in [3.05, 3.63) is 76.7 Å². The number of carbonyl (C=O) groups is 2. The Bertz CT molecular complexity index is 1050. The number of carbonyl (C=O) groups excluding carboxylic acids is 2. The number of hydrogen-bond donors (Lipinski definition) is 2. The number of benzene rings is 2. The van der Waals surface area contributed by atoms with Gasteiger partial charge in [-0.3, -0.25) is 9.59 Å². The van der Waals surface area contributed by atoms with Crippen molar-refractivity contribution in [3.63, 3.8) is 0 Å². The molecule has 0 unspecified atom stereocenters. The van der Waals surface area contributed by atoms with Crippen LogP contribution in [0.2, 0.25) is 0 Å². The maximum atomic E-state index is 12.3. The van der Waals surface area contributed by atoms with Gasteiger partial charge in [0.2, 0.25) is 11.8 Å². The van der Waals surface area contributed by atoms with E-state index in [2.05, 4.69) is 15.8 Å². The number of aromatic nitrogens is 1. The Morgan fingerprint density at radius 1 is 1.06 bits per heavy atom. The fourth-order valence-electron chi connectivity index (χ4n) is 3.06. The van der Waals surface area contributed by atoms with Crippen LogP contribution in [0.25, 0.3) is 0 Å². The summed E-state index contributed by atoms with van der Waals surface area (Å²) in [6.07, 6.45) is 0.272. The molecule has 0 saturated heterocycles. The Hall–Kier alpha value is -3.61. The van der Waals surface area contributed by atoms with Crippen molar-refractivity contribution in [2.75, 3.05) is 5.32 Å². The van der Waals surface area contributed by atoms with Crippen LogP contribution in [0.3, 0.4) is 0 Å². The van der Waals surface area contributed by atoms with Crippen LogP contribution in [0.1, 0.15) is 42.0 Å². The van der Waals surface area contributed by atoms with Gasteiger partial charge in [0, 0.05) is 18.2 Å². The van der Waals surface area contributed by atoms with Crippen molar-refractivity contribution >= 4 is 17.5 Å². The van der Waals surface area contributed by atoms with E-state index in [1.807, 2.05) is 76.2 Å². The lowest BCUT2D eigenvalue weighted by Crippen LogP contribution is -2.24. The molecule has 0 aliphatic carbocycles. The van der Waals surface area contributed by atoms with Crippen LogP contribution in [-0.4, -0.2) is 17.0 Å². The molecule has 1 aromatic heterocycles. The van der Waals surface area contributed by atoms with Gasteiger partial charge in [0.15, 0.2) is 0 Å². The number of rotatable bonds is 9. The highest BCUT2D eigenvalue weighted by molar-refractivity contribution is 5.92. The molecule has 168 valence electrons. The Labute approximate surface area is 188 Å². The highest BCUT2D eigenvalue weighted by atomic mass is 16.5. The zero-order valence-corrected chi connectivity index (χ0v) is 18.9. The summed E-state index contributed by atoms with van der Waals surface area (Å²) in [6.45, 7) is 8.21. The number of amides is 2. The number of anilines is 1. The summed E-state index contributed by atoms with van der Waals surface area (Å²) in [6, 6.07) is 14.9. The number of nitrogens with zero attached hydrogens (tertiary/aromatic N) is 1. The molecule has 0 radical (unpaired) electrons. The monoisotopic (exact) mass is 435 g/mol. The molecule has 3 aromatic rings. The number of ether oxygens (including phenoxy) is 1. The molecular weight excluding hydrogens is 406 g/mol. The maximum Gasteiger partial charge on any atom is 0.226 e. The van der Waals surface area contributed by atoms with E-state index in [-0.39, 0.29) is 24.2 Å². The number of hydrogen-bond acceptors (Lipinski definition) is 5. The molecule has 3 rings (SSSR count). The summed E-state index contributed by atoms with van der Waals surface area (Å²) in [5.41, 5.74) is 4.31. The van der Waals surface area contributed by atoms with E-state index in [1.165, 1.54) is 0 Å². The van der Waals surface area contributed by atoms with Crippen LogP contribution in [0.4, 0.5) is 5.69 Å². The molecular formula is C25H29N3O4. The van der Waals surface area contributed by atoms with Crippen LogP contribution < -0.4 is 15.4 Å². The van der Waals surface area contributed by atoms with Gasteiger partial charge in [-0.1, -0.05) is 43.3 Å². The van der Waals surface area contributed by atoms with Gasteiger partial charge in [-0.25, -0.2) is 0 Å². The minimum Gasteiger partial charge on any atom is -0.489 e. The van der Waals surface area contributed by atoms with E-state index in [1.54, 1.807) is 0 Å². The van der Waals surface area contributed by atoms with Gasteiger partial charge in [-0.15, -0.1) is 0 Å². The van der Waals surface area contributed by atoms with Gasteiger partial charge in [0.05, 0.1) is 17.7 Å². The van der Waals surface area contributed by atoms with E-state index < -0.39 is 0 Å². The number of aryl methyl sites for hydroxylation is 2. The van der Waals surface area contributed by atoms with Gasteiger partial charge >= 0.3 is 0 Å². The van der Waals surface area contributed by atoms with Crippen molar-refractivity contribution in [2.45, 2.75) is 47.3 Å². The predicted octanol–water partition coefficient (Wildman–Crippen LogP) is 4.32. The van der Waals surface area contributed by atoms with Crippen LogP contribution in [0, 0.1) is 19.8 Å². The van der Waals surface area contributed by atoms with Crippen LogP contribution in [0.5, 0.6) is 5.75 Å². The van der Waals surface area contributed by atoms with E-state index in [0.29, 0.717) is 13.2 Å². The summed E-state index contributed by atoms with van der Waals surface area (Å²) in [7, 11) is 0. The van der Waals surface area contributed by atoms with Crippen molar-refractivity contribution in [2.24, 2.45) is 5.92 Å². The second-order valence-electron chi connectivity index (χ2n) is 8.03. The largest absolute Gasteiger partial charge is 0.489 e. The highest BCUT2D eigenvalue weighted by Gasteiger charge is 2.10. The Kier molecular flexibility index (Phi) is 7.65. The topological polar surface area (TPSA) is 93.5 Å². The molecule has 7 heteroatoms. The van der Waals surface area contributed by atoms with Crippen LogP contribution in [-0.2, 0) is 29.2 Å². The molecule has 2 amide bonds. The van der Waals surface area contributed by atoms with Gasteiger partial charge in [0.1, 0.15) is 18.1 Å². The minimum absolute atomic E-state index is 0.0367. The van der Waals surface area contributed by atoms with Gasteiger partial charge in [0.25, 0.3) is 0 Å². The van der Waals surface area contributed by atoms with Crippen LogP contribution >= 0.6 is 0 Å². The minimum atomic E-state index is -0.0916. The van der Waals surface area contributed by atoms with E-state index >= 15 is 0 Å². The lowest BCUT2D eigenvalue weighted by molar-refractivity contribution is -0.120. The number of nitrogens with one attached hydrogen (secondary N) is 2. The maximum absolute atomic E-state index is 12.3.